The first-order chi connectivity index (χ1) is 18.4. The van der Waals surface area contributed by atoms with Crippen molar-refractivity contribution in [1.82, 2.24) is 5.16 Å². The van der Waals surface area contributed by atoms with E-state index in [4.69, 9.17) is 21.2 Å². The van der Waals surface area contributed by atoms with Crippen LogP contribution in [0.3, 0.4) is 0 Å². The Morgan fingerprint density at radius 2 is 1.74 bits per heavy atom. The van der Waals surface area contributed by atoms with Crippen LogP contribution >= 0.6 is 11.6 Å². The topological polar surface area (TPSA) is 150 Å². The summed E-state index contributed by atoms with van der Waals surface area (Å²) in [6, 6.07) is 12.9. The fourth-order valence-electron chi connectivity index (χ4n) is 3.99. The van der Waals surface area contributed by atoms with Gasteiger partial charge in [-0.3, -0.25) is 19.3 Å². The summed E-state index contributed by atoms with van der Waals surface area (Å²) in [5.74, 6) is -3.72. The summed E-state index contributed by atoms with van der Waals surface area (Å²) in [5, 5.41) is 27.0. The molecule has 1 saturated heterocycles. The Kier molecular flexibility index (Phi) is 7.42. The van der Waals surface area contributed by atoms with Crippen LogP contribution in [-0.4, -0.2) is 38.9 Å². The highest BCUT2D eigenvalue weighted by atomic mass is 35.5. The highest BCUT2D eigenvalue weighted by molar-refractivity contribution is 6.51. The number of aliphatic hydroxyl groups is 1. The summed E-state index contributed by atoms with van der Waals surface area (Å²) < 4.78 is 5.46. The molecule has 1 atom stereocenters. The average molecular weight is 550 g/mol. The Morgan fingerprint density at radius 1 is 1.05 bits per heavy atom. The van der Waals surface area contributed by atoms with Crippen LogP contribution in [0.25, 0.3) is 5.76 Å². The zero-order valence-electron chi connectivity index (χ0n) is 21.1. The van der Waals surface area contributed by atoms with Gasteiger partial charge in [-0.2, -0.15) is 0 Å². The van der Waals surface area contributed by atoms with E-state index in [9.17, 15) is 24.3 Å². The summed E-state index contributed by atoms with van der Waals surface area (Å²) in [4.78, 5) is 50.5. The molecule has 3 aromatic rings. The van der Waals surface area contributed by atoms with Crippen LogP contribution in [0.2, 0.25) is 5.02 Å². The van der Waals surface area contributed by atoms with Gasteiger partial charge in [0.05, 0.1) is 11.6 Å². The van der Waals surface area contributed by atoms with Gasteiger partial charge in [-0.05, 0) is 29.8 Å². The molecule has 0 bridgehead atoms. The number of aliphatic carboxylic acids is 1. The van der Waals surface area contributed by atoms with Gasteiger partial charge in [0.2, 0.25) is 5.91 Å². The van der Waals surface area contributed by atoms with Crippen molar-refractivity contribution in [3.05, 3.63) is 94.2 Å². The van der Waals surface area contributed by atoms with E-state index >= 15 is 0 Å². The number of rotatable bonds is 6. The van der Waals surface area contributed by atoms with E-state index in [1.807, 2.05) is 20.8 Å². The van der Waals surface area contributed by atoms with Crippen LogP contribution in [0.4, 0.5) is 11.5 Å². The maximum atomic E-state index is 13.3. The van der Waals surface area contributed by atoms with Gasteiger partial charge in [0.1, 0.15) is 11.5 Å². The van der Waals surface area contributed by atoms with E-state index in [0.29, 0.717) is 22.4 Å². The summed E-state index contributed by atoms with van der Waals surface area (Å²) in [5.41, 5.74) is 0.241. The molecule has 1 aliphatic heterocycles. The molecule has 0 aliphatic carbocycles. The lowest BCUT2D eigenvalue weighted by atomic mass is 9.93. The molecule has 11 heteroatoms. The summed E-state index contributed by atoms with van der Waals surface area (Å²) in [6.45, 7) is 5.72. The predicted molar refractivity (Wildman–Crippen MR) is 143 cm³/mol. The number of hydrogen-bond donors (Lipinski definition) is 3. The summed E-state index contributed by atoms with van der Waals surface area (Å²) in [6.07, 6.45) is 1.52. The second-order valence-electron chi connectivity index (χ2n) is 9.76. The largest absolute Gasteiger partial charge is 0.507 e. The lowest BCUT2D eigenvalue weighted by Crippen LogP contribution is -2.29. The number of aliphatic hydroxyl groups excluding tert-OH is 1. The van der Waals surface area contributed by atoms with Crippen LogP contribution in [0.5, 0.6) is 0 Å². The van der Waals surface area contributed by atoms with Crippen molar-refractivity contribution in [3.8, 4) is 0 Å². The Bertz CT molecular complexity index is 1530. The number of aromatic nitrogens is 1. The van der Waals surface area contributed by atoms with Gasteiger partial charge >= 0.3 is 11.9 Å². The molecule has 2 aromatic carbocycles. The Hall–Kier alpha value is -4.70. The van der Waals surface area contributed by atoms with E-state index in [1.54, 1.807) is 30.3 Å². The minimum absolute atomic E-state index is 0.104. The number of hydrogen-bond acceptors (Lipinski definition) is 7. The average Bonchev–Trinajstić information content (AvgIpc) is 3.46. The van der Waals surface area contributed by atoms with Crippen LogP contribution in [-0.2, 0) is 24.6 Å². The zero-order chi connectivity index (χ0) is 28.5. The minimum atomic E-state index is -1.29. The number of nitrogens with one attached hydrogen (secondary N) is 1. The molecule has 0 saturated carbocycles. The number of carbonyl (C=O) groups excluding carboxylic acids is 3. The number of amides is 2. The second kappa shape index (κ2) is 10.6. The van der Waals surface area contributed by atoms with Gasteiger partial charge in [0.25, 0.3) is 5.78 Å². The van der Waals surface area contributed by atoms with Crippen molar-refractivity contribution in [1.29, 1.82) is 0 Å². The van der Waals surface area contributed by atoms with E-state index in [-0.39, 0.29) is 22.6 Å². The van der Waals surface area contributed by atoms with E-state index in [2.05, 4.69) is 10.5 Å². The third-order valence-electron chi connectivity index (χ3n) is 5.89. The third-order valence-corrected chi connectivity index (χ3v) is 6.15. The molecule has 0 spiro atoms. The molecule has 4 rings (SSSR count). The molecule has 2 heterocycles. The maximum Gasteiger partial charge on any atom is 0.328 e. The summed E-state index contributed by atoms with van der Waals surface area (Å²) >= 11 is 6.07. The maximum absolute atomic E-state index is 13.3. The third kappa shape index (κ3) is 5.75. The standard InChI is InChI=1S/C28H24ClN3O7/c1-28(2,3)19-14-20(31-39-19)32-24(15-7-9-17(29)10-8-15)23(26(37)27(32)38)25(36)16-5-4-6-18(13-16)30-21(33)11-12-22(34)35/h4-14,24,36H,1-3H3,(H,30,33)(H,34,35). The molecular formula is C28H24ClN3O7. The monoisotopic (exact) mass is 549 g/mol. The molecule has 1 aliphatic rings. The Balaban J connectivity index is 1.81. The lowest BCUT2D eigenvalue weighted by Gasteiger charge is -2.23. The highest BCUT2D eigenvalue weighted by Crippen LogP contribution is 2.43. The number of nitrogens with zero attached hydrogens (tertiary/aromatic N) is 2. The summed E-state index contributed by atoms with van der Waals surface area (Å²) in [7, 11) is 0. The van der Waals surface area contributed by atoms with Crippen LogP contribution in [0, 0.1) is 0 Å². The van der Waals surface area contributed by atoms with Crippen molar-refractivity contribution in [2.24, 2.45) is 0 Å². The molecule has 1 unspecified atom stereocenters. The molecule has 2 amide bonds. The predicted octanol–water partition coefficient (Wildman–Crippen LogP) is 4.83. The van der Waals surface area contributed by atoms with Crippen LogP contribution < -0.4 is 10.2 Å². The first-order valence-electron chi connectivity index (χ1n) is 11.7. The fraction of sp³-hybridized carbons (Fsp3) is 0.179. The van der Waals surface area contributed by atoms with E-state index in [1.165, 1.54) is 24.3 Å². The van der Waals surface area contributed by atoms with Gasteiger partial charge in [-0.1, -0.05) is 61.8 Å². The van der Waals surface area contributed by atoms with Crippen LogP contribution in [0.1, 0.15) is 43.7 Å². The molecule has 39 heavy (non-hydrogen) atoms. The molecule has 3 N–H and O–H groups in total. The fourth-order valence-corrected chi connectivity index (χ4v) is 4.12. The van der Waals surface area contributed by atoms with Crippen molar-refractivity contribution < 1.29 is 33.9 Å². The SMILES string of the molecule is CC(C)(C)c1cc(N2C(=O)C(=O)C(=C(O)c3cccc(NC(=O)C=CC(=O)O)c3)C2c2ccc(Cl)cc2)no1. The number of anilines is 2. The van der Waals surface area contributed by atoms with Crippen molar-refractivity contribution in [2.75, 3.05) is 10.2 Å². The number of halogens is 1. The quantitative estimate of drug-likeness (QED) is 0.225. The highest BCUT2D eigenvalue weighted by Gasteiger charge is 2.48. The Labute approximate surface area is 228 Å². The zero-order valence-corrected chi connectivity index (χ0v) is 21.9. The van der Waals surface area contributed by atoms with Crippen LogP contribution in [0.15, 0.2) is 76.8 Å². The first kappa shape index (κ1) is 27.3. The minimum Gasteiger partial charge on any atom is -0.507 e. The van der Waals surface area contributed by atoms with Crippen molar-refractivity contribution >= 4 is 52.4 Å². The van der Waals surface area contributed by atoms with Gasteiger partial charge in [-0.25, -0.2) is 4.79 Å². The van der Waals surface area contributed by atoms with Gasteiger partial charge in [0, 0.05) is 39.9 Å². The number of benzene rings is 2. The molecular weight excluding hydrogens is 526 g/mol. The second-order valence-corrected chi connectivity index (χ2v) is 10.2. The molecule has 200 valence electrons. The molecule has 1 fully saturated rings. The number of carboxylic acids is 1. The van der Waals surface area contributed by atoms with E-state index < -0.39 is 40.8 Å². The van der Waals surface area contributed by atoms with Crippen molar-refractivity contribution in [3.63, 3.8) is 0 Å². The molecule has 0 radical (unpaired) electrons. The molecule has 10 nitrogen and oxygen atoms in total. The Morgan fingerprint density at radius 3 is 2.36 bits per heavy atom. The van der Waals surface area contributed by atoms with Crippen molar-refractivity contribution in [2.45, 2.75) is 32.2 Å². The number of carboxylic acid groups (broad SMARTS) is 1. The first-order valence-corrected chi connectivity index (χ1v) is 12.1. The van der Waals surface area contributed by atoms with Gasteiger partial charge in [0.15, 0.2) is 5.82 Å². The van der Waals surface area contributed by atoms with E-state index in [0.717, 1.165) is 11.0 Å². The number of carbonyl (C=O) groups is 4. The lowest BCUT2D eigenvalue weighted by molar-refractivity contribution is -0.132. The van der Waals surface area contributed by atoms with Gasteiger partial charge in [-0.15, -0.1) is 0 Å². The number of ketones is 1. The normalized spacial score (nSPS) is 17.1. The van der Waals surface area contributed by atoms with Gasteiger partial charge < -0.3 is 20.1 Å². The smallest absolute Gasteiger partial charge is 0.328 e. The number of Topliss-reactive ketones (excluding diaryl/α,β-unsaturated/α-hetero) is 1. The molecule has 1 aromatic heterocycles.